The van der Waals surface area contributed by atoms with Crippen molar-refractivity contribution in [1.29, 1.82) is 0 Å². The van der Waals surface area contributed by atoms with E-state index >= 15 is 0 Å². The molecule has 1 aliphatic rings. The maximum Gasteiger partial charge on any atom is 0.247 e. The van der Waals surface area contributed by atoms with Crippen LogP contribution >= 0.6 is 0 Å². The van der Waals surface area contributed by atoms with Gasteiger partial charge in [-0.05, 0) is 43.5 Å². The predicted molar refractivity (Wildman–Crippen MR) is 137 cm³/mol. The topological polar surface area (TPSA) is 112 Å². The molecule has 10 nitrogen and oxygen atoms in total. The van der Waals surface area contributed by atoms with Crippen LogP contribution in [0.5, 0.6) is 0 Å². The van der Waals surface area contributed by atoms with Gasteiger partial charge in [-0.3, -0.25) is 14.8 Å². The monoisotopic (exact) mass is 467 g/mol. The van der Waals surface area contributed by atoms with E-state index in [9.17, 15) is 4.79 Å². The number of carbonyl (C=O) groups is 1. The van der Waals surface area contributed by atoms with E-state index in [1.165, 1.54) is 6.08 Å². The van der Waals surface area contributed by atoms with Crippen molar-refractivity contribution in [2.45, 2.75) is 0 Å². The summed E-state index contributed by atoms with van der Waals surface area (Å²) in [6, 6.07) is 9.29. The minimum Gasteiger partial charge on any atom is -0.354 e. The fourth-order valence-electron chi connectivity index (χ4n) is 3.85. The van der Waals surface area contributed by atoms with Crippen molar-refractivity contribution in [3.8, 4) is 11.4 Å². The Morgan fingerprint density at radius 2 is 1.80 bits per heavy atom. The van der Waals surface area contributed by atoms with E-state index in [4.69, 9.17) is 4.98 Å². The van der Waals surface area contributed by atoms with Gasteiger partial charge in [0.1, 0.15) is 17.0 Å². The molecule has 1 amide bonds. The molecule has 35 heavy (non-hydrogen) atoms. The van der Waals surface area contributed by atoms with Gasteiger partial charge in [0, 0.05) is 55.8 Å². The molecule has 0 radical (unpaired) electrons. The lowest BCUT2D eigenvalue weighted by molar-refractivity contribution is -0.111. The molecule has 176 valence electrons. The fourth-order valence-corrected chi connectivity index (χ4v) is 3.85. The molecule has 1 aliphatic heterocycles. The van der Waals surface area contributed by atoms with Crippen molar-refractivity contribution in [2.75, 3.05) is 48.8 Å². The summed E-state index contributed by atoms with van der Waals surface area (Å²) in [7, 11) is 2.13. The lowest BCUT2D eigenvalue weighted by Gasteiger charge is -2.33. The molecule has 0 aromatic carbocycles. The smallest absolute Gasteiger partial charge is 0.247 e. The van der Waals surface area contributed by atoms with E-state index in [0.29, 0.717) is 28.5 Å². The van der Waals surface area contributed by atoms with Crippen LogP contribution in [0.3, 0.4) is 0 Å². The Bertz CT molecular complexity index is 1370. The summed E-state index contributed by atoms with van der Waals surface area (Å²) in [6.45, 7) is 7.47. The largest absolute Gasteiger partial charge is 0.354 e. The Morgan fingerprint density at radius 3 is 2.57 bits per heavy atom. The average molecular weight is 468 g/mol. The summed E-state index contributed by atoms with van der Waals surface area (Å²) in [5.74, 6) is 1.09. The second kappa shape index (κ2) is 9.82. The van der Waals surface area contributed by atoms with Crippen LogP contribution in [0.15, 0.2) is 67.8 Å². The van der Waals surface area contributed by atoms with Crippen LogP contribution in [-0.2, 0) is 4.79 Å². The standard InChI is InChI=1S/C25H25N9O/c1-3-22(35)30-18-7-9-26-20(14-18)24-23-17(6-8-27-24)15-29-25(32-23)31-19-4-5-21(28-16-19)34-12-10-33(2)11-13-34/h3-9,14-16H,1,10-13H2,2H3,(H,26,30,35)(H,29,31,32). The van der Waals surface area contributed by atoms with Crippen LogP contribution in [0, 0.1) is 0 Å². The summed E-state index contributed by atoms with van der Waals surface area (Å²) in [6.07, 6.45) is 8.05. The van der Waals surface area contributed by atoms with Crippen molar-refractivity contribution in [2.24, 2.45) is 0 Å². The average Bonchev–Trinajstić information content (AvgIpc) is 2.89. The van der Waals surface area contributed by atoms with Gasteiger partial charge in [-0.2, -0.15) is 0 Å². The third-order valence-electron chi connectivity index (χ3n) is 5.79. The normalized spacial score (nSPS) is 14.0. The fraction of sp³-hybridized carbons (Fsp3) is 0.200. The Balaban J connectivity index is 1.39. The number of hydrogen-bond donors (Lipinski definition) is 2. The number of rotatable bonds is 6. The molecule has 0 unspecified atom stereocenters. The van der Waals surface area contributed by atoms with Crippen molar-refractivity contribution in [1.82, 2.24) is 29.8 Å². The number of pyridine rings is 3. The lowest BCUT2D eigenvalue weighted by atomic mass is 10.1. The van der Waals surface area contributed by atoms with Crippen LogP contribution in [0.1, 0.15) is 0 Å². The summed E-state index contributed by atoms with van der Waals surface area (Å²) >= 11 is 0. The number of aromatic nitrogens is 5. The highest BCUT2D eigenvalue weighted by molar-refractivity contribution is 5.99. The highest BCUT2D eigenvalue weighted by Crippen LogP contribution is 2.26. The number of carbonyl (C=O) groups excluding carboxylic acids is 1. The zero-order chi connectivity index (χ0) is 24.2. The minimum absolute atomic E-state index is 0.297. The molecule has 0 aliphatic carbocycles. The lowest BCUT2D eigenvalue weighted by Crippen LogP contribution is -2.44. The van der Waals surface area contributed by atoms with Gasteiger partial charge < -0.3 is 20.4 Å². The SMILES string of the molecule is C=CC(=O)Nc1ccnc(-c2nccc3cnc(Nc4ccc(N5CCN(C)CC5)nc4)nc23)c1. The molecule has 4 aromatic heterocycles. The number of fused-ring (bicyclic) bond motifs is 1. The summed E-state index contributed by atoms with van der Waals surface area (Å²) in [5, 5.41) is 6.80. The molecule has 2 N–H and O–H groups in total. The van der Waals surface area contributed by atoms with E-state index in [-0.39, 0.29) is 5.91 Å². The van der Waals surface area contributed by atoms with Crippen LogP contribution < -0.4 is 15.5 Å². The summed E-state index contributed by atoms with van der Waals surface area (Å²) in [5.41, 5.74) is 3.20. The minimum atomic E-state index is -0.297. The van der Waals surface area contributed by atoms with E-state index in [2.05, 4.69) is 54.0 Å². The number of piperazine rings is 1. The highest BCUT2D eigenvalue weighted by Gasteiger charge is 2.15. The van der Waals surface area contributed by atoms with Crippen LogP contribution in [0.2, 0.25) is 0 Å². The van der Waals surface area contributed by atoms with Gasteiger partial charge in [0.25, 0.3) is 0 Å². The second-order valence-corrected chi connectivity index (χ2v) is 8.23. The molecule has 5 rings (SSSR count). The summed E-state index contributed by atoms with van der Waals surface area (Å²) < 4.78 is 0. The first-order valence-electron chi connectivity index (χ1n) is 11.3. The molecular formula is C25H25N9O. The quantitative estimate of drug-likeness (QED) is 0.413. The van der Waals surface area contributed by atoms with E-state index in [0.717, 1.165) is 43.1 Å². The Hall–Kier alpha value is -4.44. The first kappa shape index (κ1) is 22.4. The third kappa shape index (κ3) is 5.07. The maximum absolute atomic E-state index is 11.7. The Kier molecular flexibility index (Phi) is 6.27. The van der Waals surface area contributed by atoms with Gasteiger partial charge in [0.15, 0.2) is 0 Å². The first-order valence-corrected chi connectivity index (χ1v) is 11.3. The van der Waals surface area contributed by atoms with Gasteiger partial charge in [-0.15, -0.1) is 0 Å². The molecule has 0 saturated carbocycles. The third-order valence-corrected chi connectivity index (χ3v) is 5.79. The van der Waals surface area contributed by atoms with Crippen LogP contribution in [0.25, 0.3) is 22.3 Å². The number of nitrogens with one attached hydrogen (secondary N) is 2. The number of anilines is 4. The molecule has 5 heterocycles. The van der Waals surface area contributed by atoms with E-state index < -0.39 is 0 Å². The van der Waals surface area contributed by atoms with Gasteiger partial charge >= 0.3 is 0 Å². The molecule has 0 atom stereocenters. The van der Waals surface area contributed by atoms with Crippen molar-refractivity contribution >= 4 is 40.0 Å². The van der Waals surface area contributed by atoms with Crippen LogP contribution in [0.4, 0.5) is 23.1 Å². The highest BCUT2D eigenvalue weighted by atomic mass is 16.1. The Morgan fingerprint density at radius 1 is 0.971 bits per heavy atom. The summed E-state index contributed by atoms with van der Waals surface area (Å²) in [4.78, 5) is 39.0. The Labute approximate surface area is 202 Å². The van der Waals surface area contributed by atoms with Crippen LogP contribution in [-0.4, -0.2) is 69.0 Å². The number of nitrogens with zero attached hydrogens (tertiary/aromatic N) is 7. The number of amides is 1. The first-order chi connectivity index (χ1) is 17.1. The molecule has 1 saturated heterocycles. The predicted octanol–water partition coefficient (Wildman–Crippen LogP) is 3.10. The zero-order valence-electron chi connectivity index (χ0n) is 19.3. The van der Waals surface area contributed by atoms with Crippen molar-refractivity contribution < 1.29 is 4.79 Å². The number of likely N-dealkylation sites (N-methyl/N-ethyl adjacent to an activating group) is 1. The molecule has 1 fully saturated rings. The zero-order valence-corrected chi connectivity index (χ0v) is 19.3. The molecule has 10 heteroatoms. The number of hydrogen-bond acceptors (Lipinski definition) is 9. The molecular weight excluding hydrogens is 442 g/mol. The molecule has 0 bridgehead atoms. The second-order valence-electron chi connectivity index (χ2n) is 8.23. The molecule has 4 aromatic rings. The molecule has 0 spiro atoms. The van der Waals surface area contributed by atoms with Gasteiger partial charge in [0.2, 0.25) is 11.9 Å². The van der Waals surface area contributed by atoms with Crippen molar-refractivity contribution in [3.63, 3.8) is 0 Å². The van der Waals surface area contributed by atoms with Gasteiger partial charge in [0.05, 0.1) is 17.6 Å². The van der Waals surface area contributed by atoms with Crippen molar-refractivity contribution in [3.05, 3.63) is 67.8 Å². The van der Waals surface area contributed by atoms with E-state index in [1.807, 2.05) is 18.2 Å². The van der Waals surface area contributed by atoms with Gasteiger partial charge in [-0.1, -0.05) is 6.58 Å². The maximum atomic E-state index is 11.7. The van der Waals surface area contributed by atoms with Gasteiger partial charge in [-0.25, -0.2) is 15.0 Å². The van der Waals surface area contributed by atoms with E-state index in [1.54, 1.807) is 36.9 Å².